The highest BCUT2D eigenvalue weighted by Gasteiger charge is 2.59. The minimum absolute atomic E-state index is 0.0263. The van der Waals surface area contributed by atoms with Crippen molar-refractivity contribution >= 4 is 18.6 Å². The Kier molecular flexibility index (Phi) is 13.3. The van der Waals surface area contributed by atoms with Gasteiger partial charge in [-0.05, 0) is 0 Å². The minimum atomic E-state index is -2.85. The molecule has 11 N–H and O–H groups in total. The van der Waals surface area contributed by atoms with E-state index in [4.69, 9.17) is 28.4 Å². The summed E-state index contributed by atoms with van der Waals surface area (Å²) in [5.74, 6) is -5.44. The molecule has 0 aromatic rings. The van der Waals surface area contributed by atoms with Gasteiger partial charge in [-0.1, -0.05) is 6.92 Å². The number of rotatable bonds is 13. The Morgan fingerprint density at radius 1 is 0.930 bits per heavy atom. The summed E-state index contributed by atoms with van der Waals surface area (Å²) in [6.07, 6.45) is -24.9. The number of aliphatic carboxylic acids is 1. The molecule has 3 aliphatic heterocycles. The summed E-state index contributed by atoms with van der Waals surface area (Å²) in [7, 11) is 0. The lowest BCUT2D eigenvalue weighted by Gasteiger charge is -2.50. The van der Waals surface area contributed by atoms with Crippen molar-refractivity contribution in [3.63, 3.8) is 0 Å². The monoisotopic (exact) mass is 650 g/mol. The normalized spacial score (nSPS) is 45.4. The fourth-order valence-corrected chi connectivity index (χ4v) is 5.34. The predicted octanol–water partition coefficient (Wildman–Crippen LogP) is -6.14. The summed E-state index contributed by atoms with van der Waals surface area (Å²) in [6.45, 7) is -1.19. The van der Waals surface area contributed by atoms with Gasteiger partial charge in [-0.3, -0.25) is 0 Å². The van der Waals surface area contributed by atoms with Gasteiger partial charge in [0.05, 0.1) is 38.6 Å². The van der Waals surface area contributed by atoms with Crippen LogP contribution in [0.2, 0.25) is 0 Å². The number of hydrogen-bond acceptors (Lipinski definition) is 18. The van der Waals surface area contributed by atoms with Gasteiger partial charge in [0.1, 0.15) is 61.0 Å². The van der Waals surface area contributed by atoms with Crippen molar-refractivity contribution in [2.24, 2.45) is 5.92 Å². The van der Waals surface area contributed by atoms with Gasteiger partial charge in [-0.15, -0.1) is 0 Å². The van der Waals surface area contributed by atoms with Gasteiger partial charge < -0.3 is 84.6 Å². The van der Waals surface area contributed by atoms with Gasteiger partial charge in [-0.2, -0.15) is 12.6 Å². The molecule has 252 valence electrons. The highest BCUT2D eigenvalue weighted by Crippen LogP contribution is 2.40. The maximum absolute atomic E-state index is 12.5. The molecule has 16 unspecified atom stereocenters. The predicted molar refractivity (Wildman–Crippen MR) is 139 cm³/mol. The van der Waals surface area contributed by atoms with Crippen molar-refractivity contribution < 1.29 is 89.4 Å². The molecule has 0 spiro atoms. The van der Waals surface area contributed by atoms with Gasteiger partial charge in [-0.25, -0.2) is 4.79 Å². The first-order chi connectivity index (χ1) is 20.3. The van der Waals surface area contributed by atoms with E-state index in [-0.39, 0.29) is 12.4 Å². The van der Waals surface area contributed by atoms with Crippen molar-refractivity contribution in [3.8, 4) is 0 Å². The van der Waals surface area contributed by atoms with Crippen LogP contribution >= 0.6 is 12.6 Å². The molecular weight excluding hydrogens is 608 g/mol. The Bertz CT molecular complexity index is 885. The van der Waals surface area contributed by atoms with Crippen LogP contribution in [0.1, 0.15) is 13.3 Å². The summed E-state index contributed by atoms with van der Waals surface area (Å²) in [6, 6.07) is 0. The molecule has 18 nitrogen and oxygen atoms in total. The fourth-order valence-electron chi connectivity index (χ4n) is 5.23. The molecule has 3 fully saturated rings. The zero-order valence-electron chi connectivity index (χ0n) is 23.1. The lowest BCUT2D eigenvalue weighted by atomic mass is 9.84. The molecule has 3 aliphatic rings. The molecule has 0 amide bonds. The van der Waals surface area contributed by atoms with Crippen molar-refractivity contribution in [1.29, 1.82) is 0 Å². The number of carboxylic acid groups (broad SMARTS) is 1. The van der Waals surface area contributed by atoms with Crippen LogP contribution in [0.3, 0.4) is 0 Å². The highest BCUT2D eigenvalue weighted by molar-refractivity contribution is 7.80. The van der Waals surface area contributed by atoms with E-state index >= 15 is 0 Å². The molecule has 0 aromatic carbocycles. The maximum atomic E-state index is 12.5. The van der Waals surface area contributed by atoms with Crippen LogP contribution < -0.4 is 0 Å². The first-order valence-corrected chi connectivity index (χ1v) is 14.3. The van der Waals surface area contributed by atoms with E-state index in [0.29, 0.717) is 0 Å². The topological polar surface area (TPSA) is 295 Å². The van der Waals surface area contributed by atoms with Crippen LogP contribution in [-0.4, -0.2) is 186 Å². The standard InChI is InChI=1S/C24H42O18S/c1-8-9(28)4-24(23(35)36,41-18(8)13(30)10(29)5-25)42-20-14(31)11(6-26)38-22(17(20)34)40-19-12(7-27)39-21(37-2-3-43)16(33)15(19)32/h8-22,25-34,43H,2-7H2,1H3,(H,35,36). The molecular formula is C24H42O18S. The third kappa shape index (κ3) is 7.77. The van der Waals surface area contributed by atoms with E-state index in [9.17, 15) is 61.0 Å². The molecule has 3 rings (SSSR count). The van der Waals surface area contributed by atoms with E-state index in [0.717, 1.165) is 0 Å². The van der Waals surface area contributed by atoms with Gasteiger partial charge in [0.25, 0.3) is 5.79 Å². The Morgan fingerprint density at radius 2 is 1.56 bits per heavy atom. The molecule has 43 heavy (non-hydrogen) atoms. The lowest BCUT2D eigenvalue weighted by Crippen LogP contribution is -2.68. The van der Waals surface area contributed by atoms with Gasteiger partial charge in [0.15, 0.2) is 12.6 Å². The molecule has 0 aromatic heterocycles. The Morgan fingerprint density at radius 3 is 2.12 bits per heavy atom. The van der Waals surface area contributed by atoms with Crippen molar-refractivity contribution in [2.45, 2.75) is 105 Å². The third-order valence-corrected chi connectivity index (χ3v) is 7.99. The smallest absolute Gasteiger partial charge is 0.364 e. The third-order valence-electron chi connectivity index (χ3n) is 7.81. The summed E-state index contributed by atoms with van der Waals surface area (Å²) in [5, 5.41) is 113. The average molecular weight is 651 g/mol. The second-order valence-electron chi connectivity index (χ2n) is 10.7. The van der Waals surface area contributed by atoms with E-state index in [2.05, 4.69) is 12.6 Å². The molecule has 16 atom stereocenters. The number of carboxylic acids is 1. The summed E-state index contributed by atoms with van der Waals surface area (Å²) in [5.41, 5.74) is 0. The Hall–Kier alpha value is -0.820. The molecule has 0 bridgehead atoms. The van der Waals surface area contributed by atoms with Gasteiger partial charge >= 0.3 is 5.97 Å². The lowest BCUT2D eigenvalue weighted by molar-refractivity contribution is -0.388. The van der Waals surface area contributed by atoms with Crippen LogP contribution in [0.5, 0.6) is 0 Å². The number of aliphatic hydroxyl groups excluding tert-OH is 10. The number of thiol groups is 1. The average Bonchev–Trinajstić information content (AvgIpc) is 2.99. The van der Waals surface area contributed by atoms with Crippen LogP contribution in [0.25, 0.3) is 0 Å². The Balaban J connectivity index is 1.88. The molecule has 3 heterocycles. The Labute approximate surface area is 251 Å². The highest BCUT2D eigenvalue weighted by atomic mass is 32.1. The molecule has 19 heteroatoms. The maximum Gasteiger partial charge on any atom is 0.364 e. The zero-order valence-corrected chi connectivity index (χ0v) is 24.0. The zero-order chi connectivity index (χ0) is 32.2. The van der Waals surface area contributed by atoms with Crippen LogP contribution in [0, 0.1) is 5.92 Å². The number of ether oxygens (including phenoxy) is 6. The first-order valence-electron chi connectivity index (χ1n) is 13.6. The van der Waals surface area contributed by atoms with Crippen LogP contribution in [0.4, 0.5) is 0 Å². The number of aliphatic hydroxyl groups is 10. The largest absolute Gasteiger partial charge is 0.477 e. The van der Waals surface area contributed by atoms with Crippen molar-refractivity contribution in [1.82, 2.24) is 0 Å². The molecule has 3 saturated heterocycles. The summed E-state index contributed by atoms with van der Waals surface area (Å²) < 4.78 is 33.0. The van der Waals surface area contributed by atoms with Crippen LogP contribution in [-0.2, 0) is 33.2 Å². The molecule has 0 aliphatic carbocycles. The van der Waals surface area contributed by atoms with Crippen molar-refractivity contribution in [2.75, 3.05) is 32.2 Å². The number of carbonyl (C=O) groups is 1. The number of hydrogen-bond donors (Lipinski definition) is 12. The van der Waals surface area contributed by atoms with Crippen molar-refractivity contribution in [3.05, 3.63) is 0 Å². The van der Waals surface area contributed by atoms with Gasteiger partial charge in [0.2, 0.25) is 0 Å². The molecule has 0 saturated carbocycles. The summed E-state index contributed by atoms with van der Waals surface area (Å²) in [4.78, 5) is 12.5. The molecule has 0 radical (unpaired) electrons. The first kappa shape index (κ1) is 36.6. The fraction of sp³-hybridized carbons (Fsp3) is 0.958. The second kappa shape index (κ2) is 15.6. The van der Waals surface area contributed by atoms with E-state index < -0.39 is 130 Å². The van der Waals surface area contributed by atoms with Gasteiger partial charge in [0, 0.05) is 18.1 Å². The quantitative estimate of drug-likeness (QED) is 0.0825. The summed E-state index contributed by atoms with van der Waals surface area (Å²) >= 11 is 3.98. The minimum Gasteiger partial charge on any atom is -0.477 e. The van der Waals surface area contributed by atoms with E-state index in [1.54, 1.807) is 0 Å². The van der Waals surface area contributed by atoms with E-state index in [1.165, 1.54) is 6.92 Å². The van der Waals surface area contributed by atoms with E-state index in [1.807, 2.05) is 0 Å². The van der Waals surface area contributed by atoms with Crippen LogP contribution in [0.15, 0.2) is 0 Å². The SMILES string of the molecule is CC1C(O)CC(OC2C(O)C(CO)OC(OC3C(CO)OC(OCCS)C(O)C3O)C2O)(C(=O)O)OC1C(O)C(O)CO. The second-order valence-corrected chi connectivity index (χ2v) is 11.1.